The topological polar surface area (TPSA) is 42.7 Å². The summed E-state index contributed by atoms with van der Waals surface area (Å²) in [5.41, 5.74) is 0. The second-order valence-electron chi connectivity index (χ2n) is 5.04. The quantitative estimate of drug-likeness (QED) is 0.870. The molecular weight excluding hydrogens is 290 g/mol. The van der Waals surface area contributed by atoms with Crippen LogP contribution in [-0.2, 0) is 0 Å². The second kappa shape index (κ2) is 6.22. The highest BCUT2D eigenvalue weighted by Gasteiger charge is 2.25. The molecular formula is C16H16ClNO3. The molecule has 0 spiro atoms. The van der Waals surface area contributed by atoms with E-state index in [0.29, 0.717) is 23.9 Å². The Labute approximate surface area is 128 Å². The molecule has 4 nitrogen and oxygen atoms in total. The monoisotopic (exact) mass is 305 g/mol. The summed E-state index contributed by atoms with van der Waals surface area (Å²) in [5, 5.41) is 0.665. The number of piperidine rings is 1. The third-order valence-corrected chi connectivity index (χ3v) is 3.80. The molecule has 1 amide bonds. The van der Waals surface area contributed by atoms with E-state index in [0.717, 1.165) is 18.6 Å². The molecule has 1 aromatic carbocycles. The average molecular weight is 306 g/mol. The van der Waals surface area contributed by atoms with Gasteiger partial charge >= 0.3 is 0 Å². The van der Waals surface area contributed by atoms with Gasteiger partial charge in [-0.3, -0.25) is 4.79 Å². The normalized spacial score (nSPS) is 16.0. The molecule has 0 radical (unpaired) electrons. The minimum atomic E-state index is -0.0544. The molecule has 0 saturated carbocycles. The molecule has 5 heteroatoms. The molecule has 21 heavy (non-hydrogen) atoms. The van der Waals surface area contributed by atoms with E-state index in [1.165, 1.54) is 6.26 Å². The number of nitrogens with zero attached hydrogens (tertiary/aromatic N) is 1. The van der Waals surface area contributed by atoms with Gasteiger partial charge in [0.25, 0.3) is 5.91 Å². The van der Waals surface area contributed by atoms with Crippen LogP contribution < -0.4 is 4.74 Å². The Morgan fingerprint density at radius 2 is 2.05 bits per heavy atom. The van der Waals surface area contributed by atoms with Crippen molar-refractivity contribution >= 4 is 17.5 Å². The molecule has 1 aliphatic rings. The number of furan rings is 1. The lowest BCUT2D eigenvalue weighted by Gasteiger charge is -2.31. The number of carbonyl (C=O) groups excluding carboxylic acids is 1. The van der Waals surface area contributed by atoms with Crippen LogP contribution in [0.25, 0.3) is 0 Å². The molecule has 1 aliphatic heterocycles. The van der Waals surface area contributed by atoms with Crippen molar-refractivity contribution in [2.75, 3.05) is 13.1 Å². The van der Waals surface area contributed by atoms with Crippen LogP contribution in [0.15, 0.2) is 47.1 Å². The predicted octanol–water partition coefficient (Wildman–Crippen LogP) is 3.62. The molecule has 0 aliphatic carbocycles. The number of ether oxygens (including phenoxy) is 1. The van der Waals surface area contributed by atoms with Crippen molar-refractivity contribution in [2.45, 2.75) is 18.9 Å². The molecule has 0 unspecified atom stereocenters. The van der Waals surface area contributed by atoms with E-state index >= 15 is 0 Å². The van der Waals surface area contributed by atoms with Gasteiger partial charge in [0.1, 0.15) is 11.9 Å². The van der Waals surface area contributed by atoms with Gasteiger partial charge in [-0.25, -0.2) is 0 Å². The fraction of sp³-hybridized carbons (Fsp3) is 0.312. The van der Waals surface area contributed by atoms with Gasteiger partial charge in [-0.15, -0.1) is 0 Å². The maximum atomic E-state index is 12.1. The number of hydrogen-bond acceptors (Lipinski definition) is 3. The summed E-state index contributed by atoms with van der Waals surface area (Å²) >= 11 is 5.94. The highest BCUT2D eigenvalue weighted by Crippen LogP contribution is 2.22. The van der Waals surface area contributed by atoms with E-state index < -0.39 is 0 Å². The summed E-state index contributed by atoms with van der Waals surface area (Å²) in [6.45, 7) is 1.34. The number of rotatable bonds is 3. The fourth-order valence-corrected chi connectivity index (χ4v) is 2.65. The number of likely N-dealkylation sites (tertiary alicyclic amines) is 1. The molecule has 0 atom stereocenters. The third-order valence-electron chi connectivity index (χ3n) is 3.56. The summed E-state index contributed by atoms with van der Waals surface area (Å²) in [7, 11) is 0. The van der Waals surface area contributed by atoms with Crippen LogP contribution in [0.2, 0.25) is 5.02 Å². The van der Waals surface area contributed by atoms with Crippen molar-refractivity contribution in [3.05, 3.63) is 53.4 Å². The summed E-state index contributed by atoms with van der Waals surface area (Å²) in [6, 6.07) is 10.8. The first-order valence-electron chi connectivity index (χ1n) is 6.97. The molecule has 110 valence electrons. The van der Waals surface area contributed by atoms with E-state index in [-0.39, 0.29) is 12.0 Å². The lowest BCUT2D eigenvalue weighted by molar-refractivity contribution is 0.0567. The number of benzene rings is 1. The van der Waals surface area contributed by atoms with Gasteiger partial charge in [-0.05, 0) is 30.3 Å². The zero-order chi connectivity index (χ0) is 14.7. The van der Waals surface area contributed by atoms with Gasteiger partial charge in [-0.2, -0.15) is 0 Å². The molecule has 1 fully saturated rings. The minimum Gasteiger partial charge on any atom is -0.490 e. The van der Waals surface area contributed by atoms with E-state index in [1.807, 2.05) is 24.3 Å². The lowest BCUT2D eigenvalue weighted by atomic mass is 10.1. The van der Waals surface area contributed by atoms with Crippen molar-refractivity contribution in [2.24, 2.45) is 0 Å². The Balaban J connectivity index is 1.54. The van der Waals surface area contributed by atoms with Crippen LogP contribution in [-0.4, -0.2) is 30.0 Å². The van der Waals surface area contributed by atoms with E-state index in [2.05, 4.69) is 0 Å². The number of hydrogen-bond donors (Lipinski definition) is 0. The van der Waals surface area contributed by atoms with Crippen LogP contribution in [0.4, 0.5) is 0 Å². The Kier molecular flexibility index (Phi) is 4.15. The van der Waals surface area contributed by atoms with Crippen LogP contribution in [0.3, 0.4) is 0 Å². The maximum absolute atomic E-state index is 12.1. The fourth-order valence-electron chi connectivity index (χ4n) is 2.47. The Morgan fingerprint density at radius 1 is 1.24 bits per heavy atom. The Hall–Kier alpha value is -1.94. The lowest BCUT2D eigenvalue weighted by Crippen LogP contribution is -2.41. The zero-order valence-corrected chi connectivity index (χ0v) is 12.3. The van der Waals surface area contributed by atoms with Crippen LogP contribution in [0, 0.1) is 0 Å². The first-order valence-corrected chi connectivity index (χ1v) is 7.35. The van der Waals surface area contributed by atoms with Crippen molar-refractivity contribution in [3.8, 4) is 5.75 Å². The SMILES string of the molecule is O=C(c1ccco1)N1CCC(Oc2cccc(Cl)c2)CC1. The smallest absolute Gasteiger partial charge is 0.289 e. The number of halogens is 1. The standard InChI is InChI=1S/C16H16ClNO3/c17-12-3-1-4-14(11-12)21-13-6-8-18(9-7-13)16(19)15-5-2-10-20-15/h1-5,10-11,13H,6-9H2. The maximum Gasteiger partial charge on any atom is 0.289 e. The molecule has 2 heterocycles. The average Bonchev–Trinajstić information content (AvgIpc) is 3.01. The predicted molar refractivity (Wildman–Crippen MR) is 79.7 cm³/mol. The van der Waals surface area contributed by atoms with E-state index in [1.54, 1.807) is 17.0 Å². The van der Waals surface area contributed by atoms with Crippen LogP contribution in [0.5, 0.6) is 5.75 Å². The third kappa shape index (κ3) is 3.39. The molecule has 1 saturated heterocycles. The van der Waals surface area contributed by atoms with Gasteiger partial charge in [0, 0.05) is 31.0 Å². The molecule has 2 aromatic rings. The van der Waals surface area contributed by atoms with E-state index in [4.69, 9.17) is 20.8 Å². The summed E-state index contributed by atoms with van der Waals surface area (Å²) in [5.74, 6) is 1.11. The number of amides is 1. The zero-order valence-electron chi connectivity index (χ0n) is 11.5. The van der Waals surface area contributed by atoms with Crippen molar-refractivity contribution < 1.29 is 13.9 Å². The van der Waals surface area contributed by atoms with Crippen LogP contribution in [0.1, 0.15) is 23.4 Å². The number of carbonyl (C=O) groups is 1. The highest BCUT2D eigenvalue weighted by atomic mass is 35.5. The van der Waals surface area contributed by atoms with Crippen molar-refractivity contribution in [1.29, 1.82) is 0 Å². The van der Waals surface area contributed by atoms with Crippen molar-refractivity contribution in [3.63, 3.8) is 0 Å². The Bertz CT molecular complexity index is 604. The second-order valence-corrected chi connectivity index (χ2v) is 5.48. The highest BCUT2D eigenvalue weighted by molar-refractivity contribution is 6.30. The molecule has 3 rings (SSSR count). The van der Waals surface area contributed by atoms with Gasteiger partial charge in [0.05, 0.1) is 6.26 Å². The Morgan fingerprint density at radius 3 is 2.71 bits per heavy atom. The minimum absolute atomic E-state index is 0.0544. The van der Waals surface area contributed by atoms with Gasteiger partial charge < -0.3 is 14.1 Å². The molecule has 0 N–H and O–H groups in total. The van der Waals surface area contributed by atoms with Gasteiger partial charge in [-0.1, -0.05) is 17.7 Å². The van der Waals surface area contributed by atoms with Gasteiger partial charge in [0.2, 0.25) is 0 Å². The van der Waals surface area contributed by atoms with Crippen molar-refractivity contribution in [1.82, 2.24) is 4.90 Å². The first kappa shape index (κ1) is 14.0. The van der Waals surface area contributed by atoms with Gasteiger partial charge in [0.15, 0.2) is 5.76 Å². The summed E-state index contributed by atoms with van der Waals surface area (Å²) in [6.07, 6.45) is 3.24. The summed E-state index contributed by atoms with van der Waals surface area (Å²) < 4.78 is 11.1. The molecule has 0 bridgehead atoms. The summed E-state index contributed by atoms with van der Waals surface area (Å²) in [4.78, 5) is 13.9. The first-order chi connectivity index (χ1) is 10.2. The van der Waals surface area contributed by atoms with E-state index in [9.17, 15) is 4.79 Å². The molecule has 1 aromatic heterocycles. The largest absolute Gasteiger partial charge is 0.490 e. The van der Waals surface area contributed by atoms with Crippen LogP contribution >= 0.6 is 11.6 Å².